The van der Waals surface area contributed by atoms with Crippen LogP contribution in [0, 0.1) is 0 Å². The number of rotatable bonds is 9. The van der Waals surface area contributed by atoms with Crippen LogP contribution in [-0.2, 0) is 9.59 Å². The van der Waals surface area contributed by atoms with Crippen molar-refractivity contribution in [1.29, 1.82) is 0 Å². The third-order valence-corrected chi connectivity index (χ3v) is 2.73. The molecule has 0 aliphatic heterocycles. The number of hydrogen-bond donors (Lipinski definition) is 2. The van der Waals surface area contributed by atoms with Crippen LogP contribution in [0.25, 0.3) is 0 Å². The van der Waals surface area contributed by atoms with E-state index < -0.39 is 37.2 Å². The van der Waals surface area contributed by atoms with Gasteiger partial charge in [0.1, 0.15) is 0 Å². The molecule has 0 fully saturated rings. The summed E-state index contributed by atoms with van der Waals surface area (Å²) in [6.45, 7) is 1.38. The molecule has 0 aromatic carbocycles. The number of nitrogens with one attached hydrogen (secondary N) is 1. The van der Waals surface area contributed by atoms with Crippen LogP contribution < -0.4 is 5.32 Å². The predicted octanol–water partition coefficient (Wildman–Crippen LogP) is 1.63. The van der Waals surface area contributed by atoms with Gasteiger partial charge in [-0.1, -0.05) is 19.8 Å². The summed E-state index contributed by atoms with van der Waals surface area (Å²) in [6, 6.07) is -1.14. The Balaban J connectivity index is 4.47. The fourth-order valence-corrected chi connectivity index (χ4v) is 1.63. The van der Waals surface area contributed by atoms with Crippen molar-refractivity contribution in [3.8, 4) is 0 Å². The molecule has 118 valence electrons. The van der Waals surface area contributed by atoms with Crippen molar-refractivity contribution >= 4 is 11.9 Å². The quantitative estimate of drug-likeness (QED) is 0.635. The molecular formula is C12H21F3N2O3. The highest BCUT2D eigenvalue weighted by Gasteiger charge is 2.35. The molecule has 0 aliphatic carbocycles. The van der Waals surface area contributed by atoms with Crippen molar-refractivity contribution < 1.29 is 27.9 Å². The molecule has 0 aliphatic rings. The minimum atomic E-state index is -4.55. The summed E-state index contributed by atoms with van der Waals surface area (Å²) < 4.78 is 37.1. The van der Waals surface area contributed by atoms with E-state index in [1.54, 1.807) is 0 Å². The third-order valence-electron chi connectivity index (χ3n) is 2.73. The van der Waals surface area contributed by atoms with Gasteiger partial charge in [-0.15, -0.1) is 0 Å². The molecule has 0 radical (unpaired) electrons. The van der Waals surface area contributed by atoms with E-state index >= 15 is 0 Å². The minimum Gasteiger partial charge on any atom is -0.480 e. The highest BCUT2D eigenvalue weighted by atomic mass is 19.4. The first kappa shape index (κ1) is 18.7. The highest BCUT2D eigenvalue weighted by molar-refractivity contribution is 5.82. The zero-order chi connectivity index (χ0) is 15.8. The van der Waals surface area contributed by atoms with Crippen LogP contribution in [0.2, 0.25) is 0 Å². The van der Waals surface area contributed by atoms with Gasteiger partial charge in [0.25, 0.3) is 0 Å². The fourth-order valence-electron chi connectivity index (χ4n) is 1.63. The Kier molecular flexibility index (Phi) is 8.21. The number of nitrogens with zero attached hydrogens (tertiary/aromatic N) is 1. The molecule has 0 saturated heterocycles. The van der Waals surface area contributed by atoms with Crippen LogP contribution in [0.1, 0.15) is 33.1 Å². The maximum atomic E-state index is 12.4. The Labute approximate surface area is 116 Å². The van der Waals surface area contributed by atoms with E-state index in [2.05, 4.69) is 5.32 Å². The maximum Gasteiger partial charge on any atom is 0.401 e. The van der Waals surface area contributed by atoms with Crippen LogP contribution in [0.4, 0.5) is 13.2 Å². The molecule has 5 nitrogen and oxygen atoms in total. The summed E-state index contributed by atoms with van der Waals surface area (Å²) in [7, 11) is 0. The van der Waals surface area contributed by atoms with Crippen molar-refractivity contribution in [3.05, 3.63) is 0 Å². The minimum absolute atomic E-state index is 0.379. The first-order chi connectivity index (χ1) is 9.17. The summed E-state index contributed by atoms with van der Waals surface area (Å²) >= 11 is 0. The Morgan fingerprint density at radius 1 is 1.30 bits per heavy atom. The van der Waals surface area contributed by atoms with Gasteiger partial charge in [-0.05, 0) is 13.3 Å². The smallest absolute Gasteiger partial charge is 0.401 e. The van der Waals surface area contributed by atoms with E-state index in [-0.39, 0.29) is 0 Å². The molecule has 0 spiro atoms. The summed E-state index contributed by atoms with van der Waals surface area (Å²) in [4.78, 5) is 22.9. The van der Waals surface area contributed by atoms with Crippen LogP contribution in [-0.4, -0.2) is 53.7 Å². The average molecular weight is 298 g/mol. The van der Waals surface area contributed by atoms with E-state index in [1.807, 2.05) is 6.92 Å². The molecule has 0 rings (SSSR count). The zero-order valence-electron chi connectivity index (χ0n) is 11.7. The van der Waals surface area contributed by atoms with Gasteiger partial charge >= 0.3 is 12.1 Å². The van der Waals surface area contributed by atoms with E-state index in [1.165, 1.54) is 6.92 Å². The molecule has 8 heteroatoms. The predicted molar refractivity (Wildman–Crippen MR) is 67.3 cm³/mol. The number of unbranched alkanes of at least 4 members (excludes halogenated alkanes) is 2. The number of carbonyl (C=O) groups excluding carboxylic acids is 1. The van der Waals surface area contributed by atoms with E-state index in [0.717, 1.165) is 19.3 Å². The maximum absolute atomic E-state index is 12.4. The lowest BCUT2D eigenvalue weighted by Crippen LogP contribution is -2.50. The molecule has 1 unspecified atom stereocenters. The van der Waals surface area contributed by atoms with Crippen LogP contribution in [0.5, 0.6) is 0 Å². The second kappa shape index (κ2) is 8.78. The highest BCUT2D eigenvalue weighted by Crippen LogP contribution is 2.18. The van der Waals surface area contributed by atoms with Gasteiger partial charge in [-0.2, -0.15) is 13.2 Å². The largest absolute Gasteiger partial charge is 0.480 e. The lowest BCUT2D eigenvalue weighted by Gasteiger charge is -2.27. The number of carbonyl (C=O) groups is 2. The van der Waals surface area contributed by atoms with Gasteiger partial charge in [0.2, 0.25) is 5.91 Å². The number of aliphatic carboxylic acids is 1. The number of halogens is 3. The molecule has 1 atom stereocenters. The molecule has 0 aromatic rings. The number of carboxylic acids is 1. The van der Waals surface area contributed by atoms with Gasteiger partial charge in [0, 0.05) is 6.54 Å². The van der Waals surface area contributed by atoms with E-state index in [4.69, 9.17) is 5.11 Å². The Morgan fingerprint density at radius 3 is 2.35 bits per heavy atom. The molecule has 0 aromatic heterocycles. The Morgan fingerprint density at radius 2 is 1.90 bits per heavy atom. The number of carboxylic acid groups (broad SMARTS) is 1. The van der Waals surface area contributed by atoms with Crippen LogP contribution >= 0.6 is 0 Å². The van der Waals surface area contributed by atoms with Gasteiger partial charge in [0.05, 0.1) is 19.1 Å². The second-order valence-corrected chi connectivity index (χ2v) is 4.59. The number of amides is 1. The topological polar surface area (TPSA) is 69.6 Å². The van der Waals surface area contributed by atoms with Crippen molar-refractivity contribution in [2.75, 3.05) is 19.6 Å². The second-order valence-electron chi connectivity index (χ2n) is 4.59. The van der Waals surface area contributed by atoms with Crippen molar-refractivity contribution in [2.24, 2.45) is 0 Å². The normalized spacial score (nSPS) is 13.3. The molecule has 1 amide bonds. The third kappa shape index (κ3) is 8.73. The standard InChI is InChI=1S/C12H21F3N2O3/c1-3-4-5-6-16-11(20)9(2)17(7-10(18)19)8-12(13,14)15/h9H,3-8H2,1-2H3,(H,16,20)(H,18,19). The molecule has 0 heterocycles. The molecule has 0 saturated carbocycles. The van der Waals surface area contributed by atoms with E-state index in [9.17, 15) is 22.8 Å². The first-order valence-electron chi connectivity index (χ1n) is 6.47. The van der Waals surface area contributed by atoms with Crippen LogP contribution in [0.3, 0.4) is 0 Å². The Bertz CT molecular complexity index is 322. The molecule has 20 heavy (non-hydrogen) atoms. The van der Waals surface area contributed by atoms with E-state index in [0.29, 0.717) is 11.4 Å². The monoisotopic (exact) mass is 298 g/mol. The first-order valence-corrected chi connectivity index (χ1v) is 6.47. The molecule has 2 N–H and O–H groups in total. The lowest BCUT2D eigenvalue weighted by molar-refractivity contribution is -0.160. The van der Waals surface area contributed by atoms with Crippen molar-refractivity contribution in [3.63, 3.8) is 0 Å². The van der Waals surface area contributed by atoms with Crippen molar-refractivity contribution in [2.45, 2.75) is 45.3 Å². The van der Waals surface area contributed by atoms with Gasteiger partial charge in [0.15, 0.2) is 0 Å². The summed E-state index contributed by atoms with van der Waals surface area (Å²) in [5.74, 6) is -1.99. The Hall–Kier alpha value is -1.31. The number of alkyl halides is 3. The van der Waals surface area contributed by atoms with Crippen LogP contribution in [0.15, 0.2) is 0 Å². The van der Waals surface area contributed by atoms with Crippen molar-refractivity contribution in [1.82, 2.24) is 10.2 Å². The summed E-state index contributed by atoms with van der Waals surface area (Å²) in [5.41, 5.74) is 0. The SMILES string of the molecule is CCCCCNC(=O)C(C)N(CC(=O)O)CC(F)(F)F. The average Bonchev–Trinajstić information content (AvgIpc) is 2.30. The molecular weight excluding hydrogens is 277 g/mol. The summed E-state index contributed by atoms with van der Waals surface area (Å²) in [5, 5.41) is 11.1. The number of hydrogen-bond acceptors (Lipinski definition) is 3. The van der Waals surface area contributed by atoms with Gasteiger partial charge < -0.3 is 10.4 Å². The summed E-state index contributed by atoms with van der Waals surface area (Å²) in [6.07, 6.45) is -1.93. The fraction of sp³-hybridized carbons (Fsp3) is 0.833. The zero-order valence-corrected chi connectivity index (χ0v) is 11.7. The molecule has 0 bridgehead atoms. The lowest BCUT2D eigenvalue weighted by atomic mass is 10.2. The van der Waals surface area contributed by atoms with Gasteiger partial charge in [-0.25, -0.2) is 0 Å². The van der Waals surface area contributed by atoms with Gasteiger partial charge in [-0.3, -0.25) is 14.5 Å².